The molecule has 0 aliphatic heterocycles. The van der Waals surface area contributed by atoms with Crippen LogP contribution in [0.3, 0.4) is 0 Å². The summed E-state index contributed by atoms with van der Waals surface area (Å²) in [6.45, 7) is 0. The molecule has 7 heteroatoms. The average molecular weight is 268 g/mol. The first-order valence-corrected chi connectivity index (χ1v) is 4.46. The van der Waals surface area contributed by atoms with E-state index in [9.17, 15) is 0 Å². The van der Waals surface area contributed by atoms with E-state index in [4.69, 9.17) is 23.2 Å². The fourth-order valence-corrected chi connectivity index (χ4v) is 1.60. The van der Waals surface area contributed by atoms with Crippen LogP contribution in [0.15, 0.2) is 4.73 Å². The van der Waals surface area contributed by atoms with Crippen molar-refractivity contribution in [3.8, 4) is 0 Å². The summed E-state index contributed by atoms with van der Waals surface area (Å²) >= 11 is 14.5. The molecule has 0 bridgehead atoms. The largest absolute Gasteiger partial charge is 0.329 e. The third-order valence-electron chi connectivity index (χ3n) is 1.25. The first-order chi connectivity index (χ1) is 5.66. The Hall–Kier alpha value is -0.390. The Morgan fingerprint density at radius 3 is 2.67 bits per heavy atom. The number of imidazole rings is 1. The van der Waals surface area contributed by atoms with Crippen LogP contribution in [0.5, 0.6) is 0 Å². The number of nitrogens with zero attached hydrogens (tertiary/aromatic N) is 3. The molecular formula is C5HBrCl2N4. The number of hydrogen-bond acceptors (Lipinski definition) is 3. The van der Waals surface area contributed by atoms with Crippen LogP contribution in [0.2, 0.25) is 10.4 Å². The van der Waals surface area contributed by atoms with E-state index in [2.05, 4.69) is 35.9 Å². The van der Waals surface area contributed by atoms with Gasteiger partial charge in [-0.2, -0.15) is 4.98 Å². The summed E-state index contributed by atoms with van der Waals surface area (Å²) in [6, 6.07) is 0. The SMILES string of the molecule is Clc1nc(Cl)c2[nH]c(Br)nc2n1. The van der Waals surface area contributed by atoms with E-state index in [0.29, 0.717) is 15.9 Å². The highest BCUT2D eigenvalue weighted by molar-refractivity contribution is 9.10. The van der Waals surface area contributed by atoms with E-state index >= 15 is 0 Å². The number of aromatic amines is 1. The van der Waals surface area contributed by atoms with Crippen LogP contribution in [0.4, 0.5) is 0 Å². The molecule has 0 fully saturated rings. The minimum atomic E-state index is 0.0894. The Balaban J connectivity index is 2.88. The maximum absolute atomic E-state index is 5.75. The number of hydrogen-bond donors (Lipinski definition) is 1. The molecule has 2 heterocycles. The standard InChI is InChI=1S/C5HBrCl2N4/c6-4-9-1-2(7)10-5(8)12-3(1)11-4/h(H,9,10,11,12). The van der Waals surface area contributed by atoms with Gasteiger partial charge in [0.15, 0.2) is 15.5 Å². The van der Waals surface area contributed by atoms with Crippen molar-refractivity contribution >= 4 is 50.3 Å². The highest BCUT2D eigenvalue weighted by Crippen LogP contribution is 2.21. The van der Waals surface area contributed by atoms with E-state index in [1.165, 1.54) is 0 Å². The van der Waals surface area contributed by atoms with Crippen molar-refractivity contribution in [1.29, 1.82) is 0 Å². The number of nitrogens with one attached hydrogen (secondary N) is 1. The van der Waals surface area contributed by atoms with Gasteiger partial charge in [0.1, 0.15) is 5.52 Å². The molecule has 2 aromatic heterocycles. The molecule has 0 amide bonds. The number of aromatic nitrogens is 4. The Morgan fingerprint density at radius 2 is 1.92 bits per heavy atom. The Bertz CT molecular complexity index is 440. The summed E-state index contributed by atoms with van der Waals surface area (Å²) in [5, 5.41) is 0.356. The average Bonchev–Trinajstić information content (AvgIpc) is 2.29. The zero-order valence-electron chi connectivity index (χ0n) is 5.48. The Labute approximate surface area is 85.5 Å². The van der Waals surface area contributed by atoms with Crippen molar-refractivity contribution in [2.24, 2.45) is 0 Å². The normalized spacial score (nSPS) is 10.9. The molecule has 2 aromatic rings. The zero-order chi connectivity index (χ0) is 8.72. The molecule has 0 spiro atoms. The van der Waals surface area contributed by atoms with Crippen molar-refractivity contribution < 1.29 is 0 Å². The van der Waals surface area contributed by atoms with Crippen LogP contribution in [0, 0.1) is 0 Å². The summed E-state index contributed by atoms with van der Waals surface area (Å²) in [6.07, 6.45) is 0. The second-order valence-corrected chi connectivity index (χ2v) is 3.46. The molecule has 0 aliphatic rings. The minimum absolute atomic E-state index is 0.0894. The maximum atomic E-state index is 5.75. The van der Waals surface area contributed by atoms with Crippen molar-refractivity contribution in [2.45, 2.75) is 0 Å². The molecule has 0 aromatic carbocycles. The number of fused-ring (bicyclic) bond motifs is 1. The van der Waals surface area contributed by atoms with Gasteiger partial charge in [0.05, 0.1) is 0 Å². The summed E-state index contributed by atoms with van der Waals surface area (Å²) in [4.78, 5) is 14.4. The monoisotopic (exact) mass is 266 g/mol. The van der Waals surface area contributed by atoms with Crippen LogP contribution >= 0.6 is 39.1 Å². The lowest BCUT2D eigenvalue weighted by atomic mass is 10.6. The van der Waals surface area contributed by atoms with E-state index in [1.54, 1.807) is 0 Å². The van der Waals surface area contributed by atoms with Gasteiger partial charge in [0.25, 0.3) is 0 Å². The molecular weight excluding hydrogens is 267 g/mol. The smallest absolute Gasteiger partial charge is 0.225 e. The molecule has 12 heavy (non-hydrogen) atoms. The van der Waals surface area contributed by atoms with Crippen LogP contribution < -0.4 is 0 Å². The molecule has 62 valence electrons. The summed E-state index contributed by atoms with van der Waals surface area (Å²) in [5.41, 5.74) is 1.03. The highest BCUT2D eigenvalue weighted by atomic mass is 79.9. The molecule has 1 N–H and O–H groups in total. The fourth-order valence-electron chi connectivity index (χ4n) is 0.810. The second-order valence-electron chi connectivity index (χ2n) is 2.01. The molecule has 0 radical (unpaired) electrons. The predicted molar refractivity (Wildman–Crippen MR) is 49.4 cm³/mol. The number of halogens is 3. The first-order valence-electron chi connectivity index (χ1n) is 2.91. The van der Waals surface area contributed by atoms with Gasteiger partial charge in [0, 0.05) is 0 Å². The fraction of sp³-hybridized carbons (Fsp3) is 0. The van der Waals surface area contributed by atoms with Gasteiger partial charge in [-0.1, -0.05) is 11.6 Å². The van der Waals surface area contributed by atoms with E-state index in [0.717, 1.165) is 0 Å². The first kappa shape index (κ1) is 8.22. The second kappa shape index (κ2) is 2.83. The predicted octanol–water partition coefficient (Wildman–Crippen LogP) is 2.42. The van der Waals surface area contributed by atoms with E-state index in [-0.39, 0.29) is 10.4 Å². The van der Waals surface area contributed by atoms with Gasteiger partial charge in [-0.25, -0.2) is 9.97 Å². The molecule has 0 saturated carbocycles. The zero-order valence-corrected chi connectivity index (χ0v) is 8.57. The minimum Gasteiger partial charge on any atom is -0.329 e. The molecule has 0 atom stereocenters. The summed E-state index contributed by atoms with van der Waals surface area (Å²) < 4.78 is 0.552. The molecule has 2 rings (SSSR count). The van der Waals surface area contributed by atoms with Gasteiger partial charge in [-0.15, -0.1) is 0 Å². The quantitative estimate of drug-likeness (QED) is 0.453. The van der Waals surface area contributed by atoms with Gasteiger partial charge in [0.2, 0.25) is 5.28 Å². The molecule has 4 nitrogen and oxygen atoms in total. The Kier molecular flexibility index (Phi) is 1.94. The van der Waals surface area contributed by atoms with Gasteiger partial charge in [-0.3, -0.25) is 0 Å². The lowest BCUT2D eigenvalue weighted by molar-refractivity contribution is 1.20. The number of H-pyrrole nitrogens is 1. The van der Waals surface area contributed by atoms with Gasteiger partial charge >= 0.3 is 0 Å². The van der Waals surface area contributed by atoms with Gasteiger partial charge < -0.3 is 4.98 Å². The maximum Gasteiger partial charge on any atom is 0.225 e. The third kappa shape index (κ3) is 1.28. The van der Waals surface area contributed by atoms with Gasteiger partial charge in [-0.05, 0) is 27.5 Å². The number of rotatable bonds is 0. The third-order valence-corrected chi connectivity index (χ3v) is 2.07. The Morgan fingerprint density at radius 1 is 1.17 bits per heavy atom. The molecule has 0 aliphatic carbocycles. The lowest BCUT2D eigenvalue weighted by Gasteiger charge is -1.90. The van der Waals surface area contributed by atoms with Crippen LogP contribution in [0.1, 0.15) is 0 Å². The van der Waals surface area contributed by atoms with Crippen molar-refractivity contribution in [2.75, 3.05) is 0 Å². The van der Waals surface area contributed by atoms with Crippen LogP contribution in [-0.4, -0.2) is 19.9 Å². The summed E-state index contributed by atoms with van der Waals surface area (Å²) in [5.74, 6) is 0. The molecule has 0 unspecified atom stereocenters. The van der Waals surface area contributed by atoms with Crippen LogP contribution in [-0.2, 0) is 0 Å². The van der Waals surface area contributed by atoms with Crippen LogP contribution in [0.25, 0.3) is 11.2 Å². The van der Waals surface area contributed by atoms with Crippen molar-refractivity contribution in [3.63, 3.8) is 0 Å². The lowest BCUT2D eigenvalue weighted by Crippen LogP contribution is -1.84. The van der Waals surface area contributed by atoms with Crippen molar-refractivity contribution in [1.82, 2.24) is 19.9 Å². The topological polar surface area (TPSA) is 54.5 Å². The van der Waals surface area contributed by atoms with Crippen molar-refractivity contribution in [3.05, 3.63) is 15.2 Å². The summed E-state index contributed by atoms with van der Waals surface area (Å²) in [7, 11) is 0. The van der Waals surface area contributed by atoms with E-state index in [1.807, 2.05) is 0 Å². The van der Waals surface area contributed by atoms with E-state index < -0.39 is 0 Å². The highest BCUT2D eigenvalue weighted by Gasteiger charge is 2.08. The molecule has 0 saturated heterocycles.